The molecule has 1 amide bonds. The molecular weight excluding hydrogens is 384 g/mol. The molecule has 0 aliphatic heterocycles. The van der Waals surface area contributed by atoms with Gasteiger partial charge in [-0.3, -0.25) is 9.59 Å². The molecule has 0 bridgehead atoms. The van der Waals surface area contributed by atoms with E-state index in [2.05, 4.69) is 4.98 Å². The second-order valence-corrected chi connectivity index (χ2v) is 7.37. The van der Waals surface area contributed by atoms with Crippen LogP contribution in [0.25, 0.3) is 0 Å². The van der Waals surface area contributed by atoms with Crippen molar-refractivity contribution < 1.29 is 23.9 Å². The highest BCUT2D eigenvalue weighted by Gasteiger charge is 2.31. The van der Waals surface area contributed by atoms with Crippen LogP contribution in [0.5, 0.6) is 0 Å². The van der Waals surface area contributed by atoms with Crippen LogP contribution in [0.15, 0.2) is 24.3 Å². The van der Waals surface area contributed by atoms with E-state index >= 15 is 0 Å². The lowest BCUT2D eigenvalue weighted by atomic mass is 9.99. The molecule has 0 aliphatic rings. The number of ether oxygens (including phenoxy) is 2. The maximum atomic E-state index is 13.4. The molecule has 0 aliphatic carbocycles. The summed E-state index contributed by atoms with van der Waals surface area (Å²) in [7, 11) is 2.89. The Balaban J connectivity index is 2.37. The van der Waals surface area contributed by atoms with Gasteiger partial charge in [0.05, 0.1) is 13.2 Å². The molecule has 2 aromatic rings. The van der Waals surface area contributed by atoms with Crippen molar-refractivity contribution in [3.63, 3.8) is 0 Å². The fourth-order valence-electron chi connectivity index (χ4n) is 3.49. The van der Waals surface area contributed by atoms with Crippen LogP contribution in [-0.2, 0) is 9.47 Å². The second kappa shape index (κ2) is 10.2. The van der Waals surface area contributed by atoms with Crippen molar-refractivity contribution >= 4 is 17.7 Å². The molecule has 1 aromatic heterocycles. The maximum absolute atomic E-state index is 13.4. The molecule has 2 rings (SSSR count). The first-order chi connectivity index (χ1) is 14.2. The van der Waals surface area contributed by atoms with Crippen molar-refractivity contribution in [3.05, 3.63) is 57.9 Å². The van der Waals surface area contributed by atoms with Crippen LogP contribution < -0.4 is 0 Å². The van der Waals surface area contributed by atoms with Gasteiger partial charge in [0.15, 0.2) is 5.78 Å². The molecule has 1 unspecified atom stereocenters. The number of hydrogen-bond acceptors (Lipinski definition) is 5. The molecule has 30 heavy (non-hydrogen) atoms. The predicted molar refractivity (Wildman–Crippen MR) is 114 cm³/mol. The number of H-pyrrole nitrogens is 1. The monoisotopic (exact) mass is 414 g/mol. The Bertz CT molecular complexity index is 914. The zero-order chi connectivity index (χ0) is 22.4. The summed E-state index contributed by atoms with van der Waals surface area (Å²) in [5.41, 5.74) is 3.34. The Kier molecular flexibility index (Phi) is 7.94. The number of Topliss-reactive ketones (excluding diaryl/α,β-unsaturated/α-hetero) is 1. The summed E-state index contributed by atoms with van der Waals surface area (Å²) in [6.45, 7) is 7.95. The van der Waals surface area contributed by atoms with Crippen LogP contribution in [0.3, 0.4) is 0 Å². The fraction of sp³-hybridized carbons (Fsp3) is 0.435. The minimum atomic E-state index is -0.714. The van der Waals surface area contributed by atoms with E-state index in [1.807, 2.05) is 19.1 Å². The van der Waals surface area contributed by atoms with Crippen molar-refractivity contribution in [3.8, 4) is 0 Å². The van der Waals surface area contributed by atoms with Gasteiger partial charge >= 0.3 is 5.97 Å². The average molecular weight is 415 g/mol. The minimum Gasteiger partial charge on any atom is -0.464 e. The molecule has 1 aromatic carbocycles. The number of rotatable bonds is 9. The molecule has 7 heteroatoms. The highest BCUT2D eigenvalue weighted by atomic mass is 16.5. The molecule has 0 spiro atoms. The summed E-state index contributed by atoms with van der Waals surface area (Å²) in [6.07, 6.45) is 0.601. The number of methoxy groups -OCH3 is 2. The predicted octanol–water partition coefficient (Wildman–Crippen LogP) is 3.48. The van der Waals surface area contributed by atoms with Gasteiger partial charge in [0.25, 0.3) is 5.91 Å². The first kappa shape index (κ1) is 23.3. The van der Waals surface area contributed by atoms with Crippen molar-refractivity contribution in [1.29, 1.82) is 0 Å². The third-order valence-corrected chi connectivity index (χ3v) is 5.23. The first-order valence-corrected chi connectivity index (χ1v) is 9.91. The number of amides is 1. The lowest BCUT2D eigenvalue weighted by molar-refractivity contribution is 0.0591. The van der Waals surface area contributed by atoms with Gasteiger partial charge in [-0.25, -0.2) is 4.79 Å². The number of ketones is 1. The molecule has 0 saturated carbocycles. The van der Waals surface area contributed by atoms with E-state index in [4.69, 9.17) is 9.47 Å². The Hall–Kier alpha value is -2.93. The number of benzene rings is 1. The van der Waals surface area contributed by atoms with Crippen molar-refractivity contribution in [2.24, 2.45) is 0 Å². The summed E-state index contributed by atoms with van der Waals surface area (Å²) in [5.74, 6) is -0.977. The first-order valence-electron chi connectivity index (χ1n) is 9.91. The van der Waals surface area contributed by atoms with E-state index in [0.717, 1.165) is 5.56 Å². The van der Waals surface area contributed by atoms with Crippen LogP contribution in [0.2, 0.25) is 0 Å². The summed E-state index contributed by atoms with van der Waals surface area (Å²) in [5, 5.41) is 0. The highest BCUT2D eigenvalue weighted by molar-refractivity contribution is 6.07. The smallest absolute Gasteiger partial charge is 0.354 e. The van der Waals surface area contributed by atoms with Crippen LogP contribution in [0.1, 0.15) is 61.4 Å². The summed E-state index contributed by atoms with van der Waals surface area (Å²) in [6, 6.07) is 6.56. The van der Waals surface area contributed by atoms with Gasteiger partial charge in [-0.15, -0.1) is 0 Å². The number of esters is 1. The van der Waals surface area contributed by atoms with Crippen molar-refractivity contribution in [1.82, 2.24) is 9.88 Å². The van der Waals surface area contributed by atoms with E-state index in [9.17, 15) is 14.4 Å². The zero-order valence-electron chi connectivity index (χ0n) is 18.5. The molecule has 0 fully saturated rings. The van der Waals surface area contributed by atoms with Crippen LogP contribution in [0, 0.1) is 20.8 Å². The lowest BCUT2D eigenvalue weighted by Crippen LogP contribution is -2.44. The average Bonchev–Trinajstić information content (AvgIpc) is 3.03. The lowest BCUT2D eigenvalue weighted by Gasteiger charge is -2.29. The number of carbonyl (C=O) groups excluding carboxylic acids is 3. The number of aromatic nitrogens is 1. The van der Waals surface area contributed by atoms with Gasteiger partial charge < -0.3 is 19.4 Å². The Morgan fingerprint density at radius 1 is 1.07 bits per heavy atom. The second-order valence-electron chi connectivity index (χ2n) is 7.37. The van der Waals surface area contributed by atoms with Gasteiger partial charge in [0.1, 0.15) is 5.69 Å². The molecule has 162 valence electrons. The SMILES string of the molecule is COCCCN(C(=O)c1ccc(C)cc1)C(C)C(=O)c1c(C)[nH]c(C(=O)OC)c1C. The Labute approximate surface area is 177 Å². The number of aryl methyl sites for hydroxylation is 2. The number of nitrogens with zero attached hydrogens (tertiary/aromatic N) is 1. The van der Waals surface area contributed by atoms with E-state index in [1.165, 1.54) is 7.11 Å². The molecule has 1 atom stereocenters. The molecule has 0 radical (unpaired) electrons. The number of carbonyl (C=O) groups is 3. The summed E-state index contributed by atoms with van der Waals surface area (Å²) in [4.78, 5) is 43.1. The number of nitrogens with one attached hydrogen (secondary N) is 1. The zero-order valence-corrected chi connectivity index (χ0v) is 18.5. The van der Waals surface area contributed by atoms with Crippen LogP contribution in [0.4, 0.5) is 0 Å². The van der Waals surface area contributed by atoms with E-state index in [-0.39, 0.29) is 17.4 Å². The molecule has 1 heterocycles. The normalized spacial score (nSPS) is 11.8. The quantitative estimate of drug-likeness (QED) is 0.386. The van der Waals surface area contributed by atoms with Crippen molar-refractivity contribution in [2.45, 2.75) is 40.2 Å². The number of hydrogen-bond donors (Lipinski definition) is 1. The van der Waals surface area contributed by atoms with E-state index in [1.54, 1.807) is 44.9 Å². The van der Waals surface area contributed by atoms with Crippen molar-refractivity contribution in [2.75, 3.05) is 27.4 Å². The third kappa shape index (κ3) is 4.97. The van der Waals surface area contributed by atoms with Crippen LogP contribution in [-0.4, -0.2) is 61.0 Å². The third-order valence-electron chi connectivity index (χ3n) is 5.23. The Morgan fingerprint density at radius 2 is 1.70 bits per heavy atom. The van der Waals surface area contributed by atoms with Gasteiger partial charge in [-0.2, -0.15) is 0 Å². The largest absolute Gasteiger partial charge is 0.464 e. The highest BCUT2D eigenvalue weighted by Crippen LogP contribution is 2.23. The van der Waals surface area contributed by atoms with Crippen LogP contribution >= 0.6 is 0 Å². The van der Waals surface area contributed by atoms with Gasteiger partial charge in [0.2, 0.25) is 0 Å². The Morgan fingerprint density at radius 3 is 2.27 bits per heavy atom. The summed E-state index contributed by atoms with van der Waals surface area (Å²) >= 11 is 0. The molecular formula is C23H30N2O5. The van der Waals surface area contributed by atoms with E-state index in [0.29, 0.717) is 42.0 Å². The standard InChI is InChI=1S/C23H30N2O5/c1-14-8-10-18(11-9-14)22(27)25(12-7-13-29-5)17(4)21(26)19-15(2)20(23(28)30-6)24-16(19)3/h8-11,17,24H,7,12-13H2,1-6H3. The molecule has 0 saturated heterocycles. The fourth-order valence-corrected chi connectivity index (χ4v) is 3.49. The molecule has 7 nitrogen and oxygen atoms in total. The van der Waals surface area contributed by atoms with Gasteiger partial charge in [-0.05, 0) is 51.8 Å². The van der Waals surface area contributed by atoms with Gasteiger partial charge in [0, 0.05) is 37.1 Å². The topological polar surface area (TPSA) is 88.7 Å². The minimum absolute atomic E-state index is 0.217. The maximum Gasteiger partial charge on any atom is 0.354 e. The van der Waals surface area contributed by atoms with Gasteiger partial charge in [-0.1, -0.05) is 17.7 Å². The summed E-state index contributed by atoms with van der Waals surface area (Å²) < 4.78 is 9.90. The van der Waals surface area contributed by atoms with E-state index < -0.39 is 12.0 Å². The molecule has 1 N–H and O–H groups in total. The number of aromatic amines is 1.